The third-order valence-electron chi connectivity index (χ3n) is 4.85. The summed E-state index contributed by atoms with van der Waals surface area (Å²) >= 11 is 0. The van der Waals surface area contributed by atoms with Gasteiger partial charge in [0.25, 0.3) is 0 Å². The van der Waals surface area contributed by atoms with E-state index in [4.69, 9.17) is 14.7 Å². The number of pyridine rings is 1. The number of benzene rings is 2. The molecule has 2 heterocycles. The standard InChI is InChI=1S/C24H17F3N4O2/c1-32-22-10-17(5-9-21(22)33-14-19-8-2-15(11-28)12-29-19)20-13-30-23(31-20)16-3-6-18(7-4-16)24(25,26)27/h2-10,12-13H,14H2,1H3,(H,30,31). The molecule has 1 N–H and O–H groups in total. The summed E-state index contributed by atoms with van der Waals surface area (Å²) < 4.78 is 49.6. The van der Waals surface area contributed by atoms with Crippen LogP contribution in [0.3, 0.4) is 0 Å². The summed E-state index contributed by atoms with van der Waals surface area (Å²) in [6.45, 7) is 0.196. The Balaban J connectivity index is 1.50. The number of aromatic amines is 1. The highest BCUT2D eigenvalue weighted by Gasteiger charge is 2.30. The molecule has 6 nitrogen and oxygen atoms in total. The number of alkyl halides is 3. The Morgan fingerprint density at radius 2 is 1.76 bits per heavy atom. The van der Waals surface area contributed by atoms with E-state index < -0.39 is 11.7 Å². The molecule has 0 aliphatic carbocycles. The van der Waals surface area contributed by atoms with E-state index in [-0.39, 0.29) is 6.61 Å². The second-order valence-corrected chi connectivity index (χ2v) is 7.01. The SMILES string of the molecule is COc1cc(-c2c[nH]c(-c3ccc(C(F)(F)F)cc3)n2)ccc1OCc1ccc(C#N)cn1. The summed E-state index contributed by atoms with van der Waals surface area (Å²) in [5.74, 6) is 1.44. The Kier molecular flexibility index (Phi) is 6.00. The Morgan fingerprint density at radius 3 is 2.39 bits per heavy atom. The highest BCUT2D eigenvalue weighted by Crippen LogP contribution is 2.34. The van der Waals surface area contributed by atoms with E-state index in [0.29, 0.717) is 39.8 Å². The quantitative estimate of drug-likeness (QED) is 0.412. The van der Waals surface area contributed by atoms with Gasteiger partial charge in [0.1, 0.15) is 18.5 Å². The molecule has 0 saturated carbocycles. The van der Waals surface area contributed by atoms with E-state index in [0.717, 1.165) is 17.7 Å². The van der Waals surface area contributed by atoms with E-state index in [1.807, 2.05) is 6.07 Å². The van der Waals surface area contributed by atoms with Gasteiger partial charge in [0.15, 0.2) is 11.5 Å². The predicted molar refractivity (Wildman–Crippen MR) is 114 cm³/mol. The Morgan fingerprint density at radius 1 is 1.00 bits per heavy atom. The van der Waals surface area contributed by atoms with Crippen LogP contribution in [0.5, 0.6) is 11.5 Å². The van der Waals surface area contributed by atoms with Gasteiger partial charge in [0.05, 0.1) is 29.6 Å². The number of aromatic nitrogens is 3. The number of rotatable bonds is 6. The van der Waals surface area contributed by atoms with Crippen LogP contribution in [0.4, 0.5) is 13.2 Å². The largest absolute Gasteiger partial charge is 0.493 e. The number of halogens is 3. The first kappa shape index (κ1) is 21.9. The number of nitrogens with zero attached hydrogens (tertiary/aromatic N) is 3. The monoisotopic (exact) mass is 450 g/mol. The second-order valence-electron chi connectivity index (χ2n) is 7.01. The lowest BCUT2D eigenvalue weighted by molar-refractivity contribution is -0.137. The highest BCUT2D eigenvalue weighted by molar-refractivity contribution is 5.67. The summed E-state index contributed by atoms with van der Waals surface area (Å²) in [7, 11) is 1.52. The van der Waals surface area contributed by atoms with Crippen molar-refractivity contribution in [2.45, 2.75) is 12.8 Å². The Hall–Kier alpha value is -4.32. The fourth-order valence-corrected chi connectivity index (χ4v) is 3.11. The van der Waals surface area contributed by atoms with E-state index >= 15 is 0 Å². The van der Waals surface area contributed by atoms with Gasteiger partial charge in [-0.1, -0.05) is 12.1 Å². The first-order chi connectivity index (χ1) is 15.9. The third-order valence-corrected chi connectivity index (χ3v) is 4.85. The van der Waals surface area contributed by atoms with Crippen molar-refractivity contribution >= 4 is 0 Å². The average Bonchev–Trinajstić information content (AvgIpc) is 3.33. The number of nitrogens with one attached hydrogen (secondary N) is 1. The molecule has 0 unspecified atom stereocenters. The molecule has 0 saturated heterocycles. The normalized spacial score (nSPS) is 11.1. The lowest BCUT2D eigenvalue weighted by Crippen LogP contribution is -2.04. The zero-order chi connectivity index (χ0) is 23.4. The molecule has 0 amide bonds. The van der Waals surface area contributed by atoms with Gasteiger partial charge in [-0.3, -0.25) is 4.98 Å². The molecule has 2 aromatic heterocycles. The summed E-state index contributed by atoms with van der Waals surface area (Å²) in [6, 6.07) is 15.5. The zero-order valence-corrected chi connectivity index (χ0v) is 17.3. The number of methoxy groups -OCH3 is 1. The van der Waals surface area contributed by atoms with E-state index in [1.54, 1.807) is 36.5 Å². The molecule has 0 bridgehead atoms. The molecule has 0 aliphatic rings. The molecule has 0 atom stereocenters. The van der Waals surface area contributed by atoms with Crippen molar-refractivity contribution < 1.29 is 22.6 Å². The van der Waals surface area contributed by atoms with Crippen molar-refractivity contribution in [2.75, 3.05) is 7.11 Å². The van der Waals surface area contributed by atoms with Gasteiger partial charge in [-0.25, -0.2) is 4.98 Å². The molecular weight excluding hydrogens is 433 g/mol. The van der Waals surface area contributed by atoms with Crippen LogP contribution in [0.2, 0.25) is 0 Å². The number of nitriles is 1. The summed E-state index contributed by atoms with van der Waals surface area (Å²) in [6.07, 6.45) is -1.24. The minimum absolute atomic E-state index is 0.196. The minimum atomic E-state index is -4.39. The van der Waals surface area contributed by atoms with Crippen LogP contribution in [0.1, 0.15) is 16.8 Å². The van der Waals surface area contributed by atoms with Crippen LogP contribution in [-0.2, 0) is 12.8 Å². The summed E-state index contributed by atoms with van der Waals surface area (Å²) in [5, 5.41) is 8.84. The average molecular weight is 450 g/mol. The Bertz CT molecular complexity index is 1290. The maximum Gasteiger partial charge on any atom is 0.416 e. The van der Waals surface area contributed by atoms with Crippen LogP contribution >= 0.6 is 0 Å². The summed E-state index contributed by atoms with van der Waals surface area (Å²) in [5.41, 5.74) is 2.29. The van der Waals surface area contributed by atoms with Gasteiger partial charge in [-0.15, -0.1) is 0 Å². The molecule has 0 aliphatic heterocycles. The number of hydrogen-bond donors (Lipinski definition) is 1. The third kappa shape index (κ3) is 4.96. The smallest absolute Gasteiger partial charge is 0.416 e. The molecule has 0 radical (unpaired) electrons. The van der Waals surface area contributed by atoms with Crippen molar-refractivity contribution in [1.82, 2.24) is 15.0 Å². The highest BCUT2D eigenvalue weighted by atomic mass is 19.4. The number of hydrogen-bond acceptors (Lipinski definition) is 5. The molecule has 9 heteroatoms. The molecule has 4 rings (SSSR count). The molecule has 2 aromatic carbocycles. The van der Waals surface area contributed by atoms with Gasteiger partial charge < -0.3 is 14.5 Å². The number of ether oxygens (including phenoxy) is 2. The van der Waals surface area contributed by atoms with Crippen molar-refractivity contribution in [2.24, 2.45) is 0 Å². The van der Waals surface area contributed by atoms with Crippen molar-refractivity contribution in [3.8, 4) is 40.2 Å². The van der Waals surface area contributed by atoms with E-state index in [2.05, 4.69) is 15.0 Å². The predicted octanol–water partition coefficient (Wildman–Crippen LogP) is 5.62. The van der Waals surface area contributed by atoms with Crippen molar-refractivity contribution in [1.29, 1.82) is 5.26 Å². The lowest BCUT2D eigenvalue weighted by atomic mass is 10.1. The molecule has 0 fully saturated rings. The molecule has 33 heavy (non-hydrogen) atoms. The fraction of sp³-hybridized carbons (Fsp3) is 0.125. The number of imidazole rings is 1. The maximum atomic E-state index is 12.8. The molecule has 166 valence electrons. The van der Waals surface area contributed by atoms with Crippen LogP contribution in [-0.4, -0.2) is 22.1 Å². The van der Waals surface area contributed by atoms with E-state index in [1.165, 1.54) is 25.4 Å². The summed E-state index contributed by atoms with van der Waals surface area (Å²) in [4.78, 5) is 11.6. The number of H-pyrrole nitrogens is 1. The van der Waals surface area contributed by atoms with Gasteiger partial charge in [-0.05, 0) is 42.5 Å². The van der Waals surface area contributed by atoms with Crippen LogP contribution < -0.4 is 9.47 Å². The van der Waals surface area contributed by atoms with Gasteiger partial charge in [0.2, 0.25) is 0 Å². The van der Waals surface area contributed by atoms with Gasteiger partial charge in [-0.2, -0.15) is 18.4 Å². The van der Waals surface area contributed by atoms with Crippen LogP contribution in [0, 0.1) is 11.3 Å². The van der Waals surface area contributed by atoms with Crippen LogP contribution in [0.15, 0.2) is 67.0 Å². The van der Waals surface area contributed by atoms with Crippen LogP contribution in [0.25, 0.3) is 22.6 Å². The maximum absolute atomic E-state index is 12.8. The molecular formula is C24H17F3N4O2. The first-order valence-corrected chi connectivity index (χ1v) is 9.76. The van der Waals surface area contributed by atoms with Gasteiger partial charge in [0, 0.05) is 23.5 Å². The molecule has 4 aromatic rings. The van der Waals surface area contributed by atoms with Crippen molar-refractivity contribution in [3.05, 3.63) is 83.8 Å². The van der Waals surface area contributed by atoms with E-state index in [9.17, 15) is 13.2 Å². The van der Waals surface area contributed by atoms with Crippen molar-refractivity contribution in [3.63, 3.8) is 0 Å². The minimum Gasteiger partial charge on any atom is -0.493 e. The topological polar surface area (TPSA) is 83.8 Å². The fourth-order valence-electron chi connectivity index (χ4n) is 3.11. The Labute approximate surface area is 187 Å². The molecule has 0 spiro atoms. The lowest BCUT2D eigenvalue weighted by Gasteiger charge is -2.11. The first-order valence-electron chi connectivity index (χ1n) is 9.76. The zero-order valence-electron chi connectivity index (χ0n) is 17.3. The second kappa shape index (κ2) is 9.04. The van der Waals surface area contributed by atoms with Gasteiger partial charge >= 0.3 is 6.18 Å².